The summed E-state index contributed by atoms with van der Waals surface area (Å²) in [5, 5.41) is 3.43. The average Bonchev–Trinajstić information content (AvgIpc) is 2.47. The van der Waals surface area contributed by atoms with Crippen molar-refractivity contribution in [2.45, 2.75) is 70.3 Å². The van der Waals surface area contributed by atoms with Gasteiger partial charge in [-0.05, 0) is 30.9 Å². The van der Waals surface area contributed by atoms with Gasteiger partial charge in [-0.3, -0.25) is 4.79 Å². The van der Waals surface area contributed by atoms with Crippen molar-refractivity contribution in [3.63, 3.8) is 0 Å². The normalized spacial score (nSPS) is 18.5. The molecule has 0 saturated heterocycles. The molecule has 0 unspecified atom stereocenters. The highest BCUT2D eigenvalue weighted by Crippen LogP contribution is 2.32. The SMILES string of the molecule is CNC1(CC(=O)c2ccc(C(C)(C)C)cc2)CCCCC1. The Morgan fingerprint density at radius 1 is 1.10 bits per heavy atom. The predicted molar refractivity (Wildman–Crippen MR) is 89.0 cm³/mol. The fourth-order valence-electron chi connectivity index (χ4n) is 3.31. The van der Waals surface area contributed by atoms with Crippen LogP contribution in [-0.2, 0) is 5.41 Å². The van der Waals surface area contributed by atoms with Gasteiger partial charge in [0.15, 0.2) is 5.78 Å². The number of Topliss-reactive ketones (excluding diaryl/α,β-unsaturated/α-hetero) is 1. The Bertz CT molecular complexity index is 475. The van der Waals surface area contributed by atoms with E-state index in [0.717, 1.165) is 18.4 Å². The lowest BCUT2D eigenvalue weighted by Crippen LogP contribution is -2.46. The number of carbonyl (C=O) groups excluding carboxylic acids is 1. The molecule has 1 saturated carbocycles. The summed E-state index contributed by atoms with van der Waals surface area (Å²) in [5.41, 5.74) is 2.29. The van der Waals surface area contributed by atoms with Gasteiger partial charge in [0.2, 0.25) is 0 Å². The van der Waals surface area contributed by atoms with Gasteiger partial charge in [0, 0.05) is 17.5 Å². The van der Waals surface area contributed by atoms with Crippen LogP contribution in [0.25, 0.3) is 0 Å². The third kappa shape index (κ3) is 3.94. The molecule has 0 amide bonds. The molecule has 0 atom stereocenters. The van der Waals surface area contributed by atoms with E-state index in [4.69, 9.17) is 0 Å². The topological polar surface area (TPSA) is 29.1 Å². The van der Waals surface area contributed by atoms with Crippen LogP contribution < -0.4 is 5.32 Å². The van der Waals surface area contributed by atoms with Crippen molar-refractivity contribution in [2.24, 2.45) is 0 Å². The number of benzene rings is 1. The molecule has 1 aliphatic rings. The lowest BCUT2D eigenvalue weighted by molar-refractivity contribution is 0.0915. The molecule has 1 aromatic carbocycles. The molecule has 1 aliphatic carbocycles. The zero-order valence-corrected chi connectivity index (χ0v) is 14.0. The molecule has 2 nitrogen and oxygen atoms in total. The Morgan fingerprint density at radius 3 is 2.14 bits per heavy atom. The summed E-state index contributed by atoms with van der Waals surface area (Å²) in [7, 11) is 2.00. The van der Waals surface area contributed by atoms with Crippen LogP contribution in [0.2, 0.25) is 0 Å². The van der Waals surface area contributed by atoms with Gasteiger partial charge in [-0.1, -0.05) is 64.3 Å². The van der Waals surface area contributed by atoms with Crippen LogP contribution in [0.3, 0.4) is 0 Å². The van der Waals surface area contributed by atoms with Gasteiger partial charge >= 0.3 is 0 Å². The van der Waals surface area contributed by atoms with Crippen molar-refractivity contribution < 1.29 is 4.79 Å². The minimum atomic E-state index is 0.0258. The maximum atomic E-state index is 12.6. The third-order valence-electron chi connectivity index (χ3n) is 4.91. The van der Waals surface area contributed by atoms with E-state index in [9.17, 15) is 4.79 Å². The second-order valence-corrected chi connectivity index (χ2v) is 7.52. The summed E-state index contributed by atoms with van der Waals surface area (Å²) in [6, 6.07) is 8.19. The third-order valence-corrected chi connectivity index (χ3v) is 4.91. The van der Waals surface area contributed by atoms with Crippen LogP contribution in [0.15, 0.2) is 24.3 Å². The number of rotatable bonds is 4. The smallest absolute Gasteiger partial charge is 0.164 e. The molecule has 0 aliphatic heterocycles. The lowest BCUT2D eigenvalue weighted by atomic mass is 9.77. The number of hydrogen-bond donors (Lipinski definition) is 1. The van der Waals surface area contributed by atoms with E-state index in [1.807, 2.05) is 19.2 Å². The van der Waals surface area contributed by atoms with Crippen LogP contribution in [0.1, 0.15) is 75.2 Å². The highest BCUT2D eigenvalue weighted by Gasteiger charge is 2.32. The maximum absolute atomic E-state index is 12.6. The number of nitrogens with one attached hydrogen (secondary N) is 1. The fourth-order valence-corrected chi connectivity index (χ4v) is 3.31. The Hall–Kier alpha value is -1.15. The zero-order valence-electron chi connectivity index (χ0n) is 14.0. The molecular formula is C19H29NO. The number of carbonyl (C=O) groups is 1. The molecule has 0 radical (unpaired) electrons. The first kappa shape index (κ1) is 16.2. The lowest BCUT2D eigenvalue weighted by Gasteiger charge is -2.36. The van der Waals surface area contributed by atoms with Crippen LogP contribution >= 0.6 is 0 Å². The monoisotopic (exact) mass is 287 g/mol. The molecule has 21 heavy (non-hydrogen) atoms. The zero-order chi connectivity index (χ0) is 15.5. The van der Waals surface area contributed by atoms with Gasteiger partial charge in [0.1, 0.15) is 0 Å². The molecule has 1 aromatic rings. The second kappa shape index (κ2) is 6.31. The van der Waals surface area contributed by atoms with E-state index >= 15 is 0 Å². The van der Waals surface area contributed by atoms with E-state index in [0.29, 0.717) is 6.42 Å². The second-order valence-electron chi connectivity index (χ2n) is 7.52. The first-order valence-corrected chi connectivity index (χ1v) is 8.19. The summed E-state index contributed by atoms with van der Waals surface area (Å²) in [6.07, 6.45) is 6.63. The molecule has 0 spiro atoms. The Balaban J connectivity index is 2.09. The van der Waals surface area contributed by atoms with Crippen molar-refractivity contribution in [2.75, 3.05) is 7.05 Å². The summed E-state index contributed by atoms with van der Waals surface area (Å²) in [5.74, 6) is 0.270. The summed E-state index contributed by atoms with van der Waals surface area (Å²) >= 11 is 0. The largest absolute Gasteiger partial charge is 0.314 e. The number of hydrogen-bond acceptors (Lipinski definition) is 2. The van der Waals surface area contributed by atoms with Crippen LogP contribution in [0.4, 0.5) is 0 Å². The van der Waals surface area contributed by atoms with E-state index < -0.39 is 0 Å². The van der Waals surface area contributed by atoms with Gasteiger partial charge < -0.3 is 5.32 Å². The van der Waals surface area contributed by atoms with Gasteiger partial charge in [0.05, 0.1) is 0 Å². The van der Waals surface area contributed by atoms with E-state index in [1.165, 1.54) is 24.8 Å². The maximum Gasteiger partial charge on any atom is 0.164 e. The molecule has 0 heterocycles. The summed E-state index contributed by atoms with van der Waals surface area (Å²) in [6.45, 7) is 6.59. The van der Waals surface area contributed by atoms with Crippen molar-refractivity contribution in [1.29, 1.82) is 0 Å². The van der Waals surface area contributed by atoms with Crippen molar-refractivity contribution >= 4 is 5.78 Å². The first-order valence-electron chi connectivity index (χ1n) is 8.19. The highest BCUT2D eigenvalue weighted by atomic mass is 16.1. The minimum Gasteiger partial charge on any atom is -0.314 e. The Morgan fingerprint density at radius 2 is 1.67 bits per heavy atom. The fraction of sp³-hybridized carbons (Fsp3) is 0.632. The standard InChI is InChI=1S/C19H29NO/c1-18(2,3)16-10-8-15(9-11-16)17(21)14-19(20-4)12-6-5-7-13-19/h8-11,20H,5-7,12-14H2,1-4H3. The van der Waals surface area contributed by atoms with Crippen LogP contribution in [-0.4, -0.2) is 18.4 Å². The molecular weight excluding hydrogens is 258 g/mol. The summed E-state index contributed by atoms with van der Waals surface area (Å²) < 4.78 is 0. The van der Waals surface area contributed by atoms with E-state index in [2.05, 4.69) is 38.2 Å². The first-order chi connectivity index (χ1) is 9.86. The molecule has 1 N–H and O–H groups in total. The molecule has 116 valence electrons. The van der Waals surface area contributed by atoms with E-state index in [1.54, 1.807) is 0 Å². The van der Waals surface area contributed by atoms with Gasteiger partial charge in [-0.2, -0.15) is 0 Å². The molecule has 2 rings (SSSR count). The van der Waals surface area contributed by atoms with Gasteiger partial charge in [-0.25, -0.2) is 0 Å². The summed E-state index contributed by atoms with van der Waals surface area (Å²) in [4.78, 5) is 12.6. The quantitative estimate of drug-likeness (QED) is 0.827. The highest BCUT2D eigenvalue weighted by molar-refractivity contribution is 5.96. The van der Waals surface area contributed by atoms with Crippen molar-refractivity contribution in [1.82, 2.24) is 5.32 Å². The van der Waals surface area contributed by atoms with Crippen molar-refractivity contribution in [3.8, 4) is 0 Å². The van der Waals surface area contributed by atoms with Gasteiger partial charge in [-0.15, -0.1) is 0 Å². The van der Waals surface area contributed by atoms with Crippen molar-refractivity contribution in [3.05, 3.63) is 35.4 Å². The van der Waals surface area contributed by atoms with Crippen LogP contribution in [0.5, 0.6) is 0 Å². The van der Waals surface area contributed by atoms with Gasteiger partial charge in [0.25, 0.3) is 0 Å². The molecule has 0 aromatic heterocycles. The Labute approximate surface area is 129 Å². The molecule has 1 fully saturated rings. The van der Waals surface area contributed by atoms with E-state index in [-0.39, 0.29) is 16.7 Å². The molecule has 0 bridgehead atoms. The molecule has 2 heteroatoms. The minimum absolute atomic E-state index is 0.0258. The predicted octanol–water partition coefficient (Wildman–Crippen LogP) is 4.48. The Kier molecular flexibility index (Phi) is 4.88. The average molecular weight is 287 g/mol. The van der Waals surface area contributed by atoms with Crippen LogP contribution in [0, 0.1) is 0 Å². The number of ketones is 1.